The Morgan fingerprint density at radius 2 is 1.94 bits per heavy atom. The molecular weight excluding hydrogens is 398 g/mol. The first-order chi connectivity index (χ1) is 14.6. The highest BCUT2D eigenvalue weighted by atomic mass is 16.6. The lowest BCUT2D eigenvalue weighted by molar-refractivity contribution is -0.149. The molecule has 0 aliphatic carbocycles. The van der Waals surface area contributed by atoms with Gasteiger partial charge < -0.3 is 21.1 Å². The van der Waals surface area contributed by atoms with Gasteiger partial charge in [0.25, 0.3) is 0 Å². The van der Waals surface area contributed by atoms with Gasteiger partial charge in [0.1, 0.15) is 17.2 Å². The van der Waals surface area contributed by atoms with E-state index in [0.29, 0.717) is 41.5 Å². The Labute approximate surface area is 178 Å². The van der Waals surface area contributed by atoms with Crippen molar-refractivity contribution >= 4 is 40.1 Å². The van der Waals surface area contributed by atoms with E-state index >= 15 is 0 Å². The molecule has 0 saturated carbocycles. The van der Waals surface area contributed by atoms with Crippen molar-refractivity contribution in [1.29, 1.82) is 0 Å². The van der Waals surface area contributed by atoms with Gasteiger partial charge in [-0.15, -0.1) is 0 Å². The smallest absolute Gasteiger partial charge is 0.413 e. The highest BCUT2D eigenvalue weighted by Gasteiger charge is 2.43. The van der Waals surface area contributed by atoms with Crippen LogP contribution < -0.4 is 16.8 Å². The molecule has 31 heavy (non-hydrogen) atoms. The van der Waals surface area contributed by atoms with Crippen molar-refractivity contribution in [2.45, 2.75) is 26.4 Å². The quantitative estimate of drug-likeness (QED) is 0.583. The predicted octanol–water partition coefficient (Wildman–Crippen LogP) is 2.33. The molecule has 10 heteroatoms. The minimum Gasteiger partial charge on any atom is -0.439 e. The minimum absolute atomic E-state index is 0.0507. The van der Waals surface area contributed by atoms with Crippen molar-refractivity contribution in [2.75, 3.05) is 29.9 Å². The fourth-order valence-electron chi connectivity index (χ4n) is 3.58. The van der Waals surface area contributed by atoms with Gasteiger partial charge in [-0.1, -0.05) is 0 Å². The van der Waals surface area contributed by atoms with Crippen molar-refractivity contribution in [1.82, 2.24) is 19.9 Å². The molecule has 0 radical (unpaired) electrons. The molecule has 1 fully saturated rings. The fraction of sp³-hybridized carbons (Fsp3) is 0.286. The summed E-state index contributed by atoms with van der Waals surface area (Å²) < 4.78 is 5.47. The molecule has 0 bridgehead atoms. The maximum absolute atomic E-state index is 12.3. The van der Waals surface area contributed by atoms with Crippen molar-refractivity contribution in [2.24, 2.45) is 0 Å². The van der Waals surface area contributed by atoms with E-state index in [-0.39, 0.29) is 5.91 Å². The van der Waals surface area contributed by atoms with Crippen LogP contribution in [-0.2, 0) is 9.53 Å². The molecule has 4 heterocycles. The second-order valence-corrected chi connectivity index (χ2v) is 7.92. The number of ether oxygens (including phenoxy) is 1. The van der Waals surface area contributed by atoms with Crippen LogP contribution in [0.5, 0.6) is 0 Å². The molecule has 0 unspecified atom stereocenters. The van der Waals surface area contributed by atoms with Gasteiger partial charge in [-0.3, -0.25) is 15.1 Å². The number of hydrogen-bond donors (Lipinski definition) is 3. The number of anilines is 3. The van der Waals surface area contributed by atoms with Gasteiger partial charge in [-0.05, 0) is 36.9 Å². The van der Waals surface area contributed by atoms with Crippen molar-refractivity contribution in [3.63, 3.8) is 0 Å². The Bertz CT molecular complexity index is 1210. The number of carbonyl (C=O) groups is 2. The second-order valence-electron chi connectivity index (χ2n) is 7.92. The summed E-state index contributed by atoms with van der Waals surface area (Å²) in [4.78, 5) is 38.1. The number of nitrogens with zero attached hydrogens (tertiary/aromatic N) is 4. The monoisotopic (exact) mass is 421 g/mol. The maximum atomic E-state index is 12.3. The summed E-state index contributed by atoms with van der Waals surface area (Å²) in [6, 6.07) is 3.53. The highest BCUT2D eigenvalue weighted by molar-refractivity contribution is 5.96. The number of amides is 2. The zero-order chi connectivity index (χ0) is 22.3. The number of hydrogen-bond acceptors (Lipinski definition) is 8. The molecule has 1 aliphatic rings. The Morgan fingerprint density at radius 3 is 2.65 bits per heavy atom. The summed E-state index contributed by atoms with van der Waals surface area (Å²) in [5.41, 5.74) is 14.2. The Morgan fingerprint density at radius 1 is 1.19 bits per heavy atom. The minimum atomic E-state index is -0.716. The fourth-order valence-corrected chi connectivity index (χ4v) is 3.58. The number of aromatic nitrogens is 3. The van der Waals surface area contributed by atoms with Gasteiger partial charge in [0.05, 0.1) is 30.7 Å². The molecule has 0 atom stereocenters. The standard InChI is InChI=1S/C21H23N7O3/c1-11-14(6-24-8-16(11)22)17-4-13-5-18(25-7-15(13)19(23)26-17)27-20(30)31-21(3)9-28(10-21)12(2)29/h4-8H,9-10,22H2,1-3H3,(H2,23,26)(H,25,27,30). The van der Waals surface area contributed by atoms with Crippen molar-refractivity contribution in [3.8, 4) is 11.3 Å². The number of carbonyl (C=O) groups excluding carboxylic acids is 2. The van der Waals surface area contributed by atoms with E-state index in [4.69, 9.17) is 16.2 Å². The molecule has 3 aromatic heterocycles. The molecule has 1 aliphatic heterocycles. The van der Waals surface area contributed by atoms with Gasteiger partial charge >= 0.3 is 6.09 Å². The first kappa shape index (κ1) is 20.3. The van der Waals surface area contributed by atoms with Crippen LogP contribution in [-0.4, -0.2) is 50.5 Å². The second kappa shape index (κ2) is 7.38. The van der Waals surface area contributed by atoms with E-state index in [1.54, 1.807) is 36.5 Å². The van der Waals surface area contributed by atoms with Crippen LogP contribution in [0, 0.1) is 6.92 Å². The van der Waals surface area contributed by atoms with Gasteiger partial charge in [0, 0.05) is 30.3 Å². The summed E-state index contributed by atoms with van der Waals surface area (Å²) in [5, 5.41) is 4.03. The van der Waals surface area contributed by atoms with Crippen molar-refractivity contribution < 1.29 is 14.3 Å². The van der Waals surface area contributed by atoms with Crippen LogP contribution in [0.1, 0.15) is 19.4 Å². The zero-order valence-electron chi connectivity index (χ0n) is 17.5. The largest absolute Gasteiger partial charge is 0.439 e. The maximum Gasteiger partial charge on any atom is 0.413 e. The molecule has 0 spiro atoms. The van der Waals surface area contributed by atoms with E-state index in [0.717, 1.165) is 16.5 Å². The van der Waals surface area contributed by atoms with E-state index in [1.807, 2.05) is 13.0 Å². The molecular formula is C21H23N7O3. The van der Waals surface area contributed by atoms with Crippen LogP contribution in [0.4, 0.5) is 22.1 Å². The average molecular weight is 421 g/mol. The molecule has 160 valence electrons. The first-order valence-electron chi connectivity index (χ1n) is 9.67. The molecule has 2 amide bonds. The number of nitrogens with one attached hydrogen (secondary N) is 1. The Balaban J connectivity index is 1.57. The van der Waals surface area contributed by atoms with Gasteiger partial charge in [-0.25, -0.2) is 14.8 Å². The third-order valence-corrected chi connectivity index (χ3v) is 5.34. The topological polar surface area (TPSA) is 149 Å². The number of pyridine rings is 3. The van der Waals surface area contributed by atoms with Crippen LogP contribution in [0.15, 0.2) is 30.7 Å². The van der Waals surface area contributed by atoms with Crippen LogP contribution in [0.2, 0.25) is 0 Å². The highest BCUT2D eigenvalue weighted by Crippen LogP contribution is 2.30. The number of nitrogen functional groups attached to an aromatic ring is 2. The van der Waals surface area contributed by atoms with E-state index < -0.39 is 11.7 Å². The zero-order valence-corrected chi connectivity index (χ0v) is 17.5. The van der Waals surface area contributed by atoms with Gasteiger partial charge in [0.2, 0.25) is 5.91 Å². The lowest BCUT2D eigenvalue weighted by atomic mass is 9.96. The Hall–Kier alpha value is -3.95. The summed E-state index contributed by atoms with van der Waals surface area (Å²) in [6.07, 6.45) is 4.17. The predicted molar refractivity (Wildman–Crippen MR) is 117 cm³/mol. The normalized spacial score (nSPS) is 14.7. The molecule has 10 nitrogen and oxygen atoms in total. The summed E-state index contributed by atoms with van der Waals surface area (Å²) in [5.74, 6) is 0.565. The van der Waals surface area contributed by atoms with Crippen LogP contribution in [0.25, 0.3) is 22.0 Å². The van der Waals surface area contributed by atoms with Crippen molar-refractivity contribution in [3.05, 3.63) is 36.3 Å². The van der Waals surface area contributed by atoms with Gasteiger partial charge in [0.15, 0.2) is 0 Å². The van der Waals surface area contributed by atoms with Gasteiger partial charge in [-0.2, -0.15) is 0 Å². The Kier molecular flexibility index (Phi) is 4.84. The molecule has 3 aromatic rings. The number of rotatable bonds is 3. The molecule has 5 N–H and O–H groups in total. The summed E-state index contributed by atoms with van der Waals surface area (Å²) in [7, 11) is 0. The van der Waals surface area contributed by atoms with E-state index in [1.165, 1.54) is 6.92 Å². The third kappa shape index (κ3) is 3.91. The third-order valence-electron chi connectivity index (χ3n) is 5.34. The van der Waals surface area contributed by atoms with Crippen LogP contribution in [0.3, 0.4) is 0 Å². The molecule has 0 aromatic carbocycles. The number of likely N-dealkylation sites (tertiary alicyclic amines) is 1. The SMILES string of the molecule is CC(=O)N1CC(C)(OC(=O)Nc2cc3cc(-c4cncc(N)c4C)nc(N)c3cn2)C1. The summed E-state index contributed by atoms with van der Waals surface area (Å²) >= 11 is 0. The average Bonchev–Trinajstić information content (AvgIpc) is 2.67. The van der Waals surface area contributed by atoms with E-state index in [9.17, 15) is 9.59 Å². The van der Waals surface area contributed by atoms with E-state index in [2.05, 4.69) is 20.3 Å². The number of fused-ring (bicyclic) bond motifs is 1. The first-order valence-corrected chi connectivity index (χ1v) is 9.67. The molecule has 4 rings (SSSR count). The molecule has 1 saturated heterocycles. The lowest BCUT2D eigenvalue weighted by Crippen LogP contribution is -2.63. The summed E-state index contributed by atoms with van der Waals surface area (Å²) in [6.45, 7) is 5.87. The number of nitrogens with two attached hydrogens (primary N) is 2. The van der Waals surface area contributed by atoms with Crippen LogP contribution >= 0.6 is 0 Å². The lowest BCUT2D eigenvalue weighted by Gasteiger charge is -2.46.